The molecular formula is C20H24FN7O3. The monoisotopic (exact) mass is 429 g/mol. The van der Waals surface area contributed by atoms with Gasteiger partial charge in [0.25, 0.3) is 0 Å². The molecule has 11 heteroatoms. The summed E-state index contributed by atoms with van der Waals surface area (Å²) >= 11 is 0. The van der Waals surface area contributed by atoms with Crippen LogP contribution in [0.1, 0.15) is 25.3 Å². The maximum atomic E-state index is 14.9. The molecule has 0 radical (unpaired) electrons. The van der Waals surface area contributed by atoms with Crippen molar-refractivity contribution in [3.63, 3.8) is 0 Å². The number of ether oxygens (including phenoxy) is 1. The molecule has 2 amide bonds. The molecule has 1 saturated heterocycles. The van der Waals surface area contributed by atoms with Crippen LogP contribution in [-0.2, 0) is 16.1 Å². The zero-order valence-electron chi connectivity index (χ0n) is 17.0. The number of likely N-dealkylation sites (tertiary alicyclic amines) is 1. The number of carbonyl (C=O) groups excluding carboxylic acids is 2. The van der Waals surface area contributed by atoms with Crippen LogP contribution in [0.5, 0.6) is 0 Å². The minimum Gasteiger partial charge on any atom is -0.444 e. The predicted octanol–water partition coefficient (Wildman–Crippen LogP) is 1.83. The summed E-state index contributed by atoms with van der Waals surface area (Å²) in [6.07, 6.45) is 3.71. The average molecular weight is 429 g/mol. The van der Waals surface area contributed by atoms with Crippen molar-refractivity contribution >= 4 is 23.9 Å². The number of amides is 2. The van der Waals surface area contributed by atoms with E-state index in [0.717, 1.165) is 12.8 Å². The molecule has 0 aliphatic carbocycles. The van der Waals surface area contributed by atoms with Gasteiger partial charge in [-0.25, -0.2) is 19.2 Å². The molecule has 0 atom stereocenters. The number of rotatable bonds is 5. The Morgan fingerprint density at radius 2 is 1.97 bits per heavy atom. The molecule has 0 bridgehead atoms. The van der Waals surface area contributed by atoms with Gasteiger partial charge in [-0.1, -0.05) is 18.2 Å². The summed E-state index contributed by atoms with van der Waals surface area (Å²) in [4.78, 5) is 33.2. The number of hydrogen-bond donors (Lipinski definition) is 4. The Morgan fingerprint density at radius 1 is 1.29 bits per heavy atom. The number of nitrogens with two attached hydrogens (primary N) is 1. The van der Waals surface area contributed by atoms with Crippen LogP contribution in [0.2, 0.25) is 0 Å². The van der Waals surface area contributed by atoms with E-state index in [2.05, 4.69) is 15.3 Å². The van der Waals surface area contributed by atoms with Gasteiger partial charge >= 0.3 is 6.09 Å². The Morgan fingerprint density at radius 3 is 2.58 bits per heavy atom. The first-order chi connectivity index (χ1) is 14.8. The minimum absolute atomic E-state index is 0.0770. The van der Waals surface area contributed by atoms with Gasteiger partial charge in [0.05, 0.1) is 0 Å². The Kier molecular flexibility index (Phi) is 6.96. The first-order valence-corrected chi connectivity index (χ1v) is 9.73. The van der Waals surface area contributed by atoms with E-state index < -0.39 is 17.9 Å². The molecule has 3 rings (SSSR count). The van der Waals surface area contributed by atoms with Gasteiger partial charge in [0.15, 0.2) is 5.96 Å². The molecular weight excluding hydrogens is 405 g/mol. The third-order valence-corrected chi connectivity index (χ3v) is 4.91. The molecule has 2 heterocycles. The third kappa shape index (κ3) is 5.87. The van der Waals surface area contributed by atoms with Crippen molar-refractivity contribution in [2.45, 2.75) is 32.4 Å². The lowest BCUT2D eigenvalue weighted by atomic mass is 10.0. The van der Waals surface area contributed by atoms with E-state index in [1.807, 2.05) is 10.2 Å². The lowest BCUT2D eigenvalue weighted by Crippen LogP contribution is -2.41. The molecule has 1 aromatic heterocycles. The molecule has 31 heavy (non-hydrogen) atoms. The van der Waals surface area contributed by atoms with Crippen molar-refractivity contribution in [1.29, 1.82) is 5.41 Å². The van der Waals surface area contributed by atoms with Crippen molar-refractivity contribution in [3.05, 3.63) is 42.0 Å². The highest BCUT2D eigenvalue weighted by Crippen LogP contribution is 2.25. The fraction of sp³-hybridized carbons (Fsp3) is 0.350. The fourth-order valence-corrected chi connectivity index (χ4v) is 3.27. The van der Waals surface area contributed by atoms with Gasteiger partial charge in [0, 0.05) is 55.1 Å². The van der Waals surface area contributed by atoms with Crippen LogP contribution in [0, 0.1) is 11.2 Å². The summed E-state index contributed by atoms with van der Waals surface area (Å²) in [6, 6.07) is 4.87. The van der Waals surface area contributed by atoms with Crippen LogP contribution in [0.25, 0.3) is 11.1 Å². The standard InChI is InChI=1S/C20H24FN7O3/c1-12(29)28-7-5-15(6-8-28)26-19-24-9-14(10-25-19)16-4-2-3-13(17(16)21)11-31-20(30)27-18(22)23/h2-4,9-10,15H,5-8,11H2,1H3,(H,24,25,26)(H4,22,23,27,30). The minimum atomic E-state index is -0.940. The number of hydrogen-bond acceptors (Lipinski definition) is 7. The molecule has 5 N–H and O–H groups in total. The number of piperidine rings is 1. The van der Waals surface area contributed by atoms with Gasteiger partial charge in [-0.3, -0.25) is 15.5 Å². The molecule has 0 saturated carbocycles. The van der Waals surface area contributed by atoms with Gasteiger partial charge in [-0.15, -0.1) is 0 Å². The van der Waals surface area contributed by atoms with E-state index in [-0.39, 0.29) is 29.7 Å². The lowest BCUT2D eigenvalue weighted by Gasteiger charge is -2.31. The number of guanidine groups is 1. The van der Waals surface area contributed by atoms with Crippen molar-refractivity contribution < 1.29 is 18.7 Å². The molecule has 10 nitrogen and oxygen atoms in total. The molecule has 1 aromatic carbocycles. The number of aromatic nitrogens is 2. The van der Waals surface area contributed by atoms with Crippen LogP contribution >= 0.6 is 0 Å². The van der Waals surface area contributed by atoms with Gasteiger partial charge in [0.2, 0.25) is 11.9 Å². The van der Waals surface area contributed by atoms with E-state index in [4.69, 9.17) is 15.9 Å². The lowest BCUT2D eigenvalue weighted by molar-refractivity contribution is -0.129. The summed E-state index contributed by atoms with van der Waals surface area (Å²) in [6.45, 7) is 2.63. The fourth-order valence-electron chi connectivity index (χ4n) is 3.27. The van der Waals surface area contributed by atoms with Crippen molar-refractivity contribution in [2.24, 2.45) is 5.73 Å². The van der Waals surface area contributed by atoms with Gasteiger partial charge < -0.3 is 20.7 Å². The SMILES string of the molecule is CC(=O)N1CCC(Nc2ncc(-c3cccc(COC(=O)NC(=N)N)c3F)cn2)CC1. The molecule has 1 aliphatic rings. The number of benzene rings is 1. The normalized spacial score (nSPS) is 14.1. The van der Waals surface area contributed by atoms with Crippen molar-refractivity contribution in [3.8, 4) is 11.1 Å². The van der Waals surface area contributed by atoms with Gasteiger partial charge in [-0.05, 0) is 12.8 Å². The Balaban J connectivity index is 1.62. The summed E-state index contributed by atoms with van der Waals surface area (Å²) in [5.41, 5.74) is 5.96. The second kappa shape index (κ2) is 9.83. The number of nitrogens with zero attached hydrogens (tertiary/aromatic N) is 3. The van der Waals surface area contributed by atoms with Crippen LogP contribution < -0.4 is 16.4 Å². The van der Waals surface area contributed by atoms with E-state index in [1.54, 1.807) is 19.1 Å². The van der Waals surface area contributed by atoms with Gasteiger partial charge in [0.1, 0.15) is 12.4 Å². The first-order valence-electron chi connectivity index (χ1n) is 9.73. The zero-order chi connectivity index (χ0) is 22.4. The van der Waals surface area contributed by atoms with E-state index in [0.29, 0.717) is 24.6 Å². The van der Waals surface area contributed by atoms with E-state index >= 15 is 0 Å². The summed E-state index contributed by atoms with van der Waals surface area (Å²) < 4.78 is 19.7. The van der Waals surface area contributed by atoms with Crippen LogP contribution in [-0.4, -0.2) is 52.0 Å². The number of halogens is 1. The predicted molar refractivity (Wildman–Crippen MR) is 112 cm³/mol. The smallest absolute Gasteiger partial charge is 0.414 e. The topological polar surface area (TPSA) is 146 Å². The molecule has 0 unspecified atom stereocenters. The highest BCUT2D eigenvalue weighted by molar-refractivity contribution is 5.90. The summed E-state index contributed by atoms with van der Waals surface area (Å²) in [5.74, 6) is -0.604. The quantitative estimate of drug-likeness (QED) is 0.419. The molecule has 1 fully saturated rings. The summed E-state index contributed by atoms with van der Waals surface area (Å²) in [7, 11) is 0. The zero-order valence-corrected chi connectivity index (χ0v) is 17.0. The largest absolute Gasteiger partial charge is 0.444 e. The molecule has 2 aromatic rings. The highest BCUT2D eigenvalue weighted by atomic mass is 19.1. The third-order valence-electron chi connectivity index (χ3n) is 4.91. The van der Waals surface area contributed by atoms with Gasteiger partial charge in [-0.2, -0.15) is 0 Å². The molecule has 1 aliphatic heterocycles. The number of carbonyl (C=O) groups is 2. The second-order valence-electron chi connectivity index (χ2n) is 7.11. The Labute approximate surface area is 178 Å². The number of nitrogens with one attached hydrogen (secondary N) is 3. The molecule has 164 valence electrons. The number of anilines is 1. The van der Waals surface area contributed by atoms with E-state index in [1.165, 1.54) is 18.5 Å². The Hall–Kier alpha value is -3.76. The van der Waals surface area contributed by atoms with Crippen LogP contribution in [0.4, 0.5) is 15.1 Å². The van der Waals surface area contributed by atoms with E-state index in [9.17, 15) is 14.0 Å². The highest BCUT2D eigenvalue weighted by Gasteiger charge is 2.21. The van der Waals surface area contributed by atoms with Crippen molar-refractivity contribution in [1.82, 2.24) is 20.2 Å². The first kappa shape index (κ1) is 21.9. The van der Waals surface area contributed by atoms with Crippen LogP contribution in [0.15, 0.2) is 30.6 Å². The average Bonchev–Trinajstić information content (AvgIpc) is 2.73. The number of alkyl carbamates (subject to hydrolysis) is 1. The maximum absolute atomic E-state index is 14.9. The summed E-state index contributed by atoms with van der Waals surface area (Å²) in [5, 5.41) is 12.2. The second-order valence-corrected chi connectivity index (χ2v) is 7.11. The van der Waals surface area contributed by atoms with Crippen LogP contribution in [0.3, 0.4) is 0 Å². The Bertz CT molecular complexity index is 960. The van der Waals surface area contributed by atoms with Crippen molar-refractivity contribution in [2.75, 3.05) is 18.4 Å². The molecule has 0 spiro atoms. The maximum Gasteiger partial charge on any atom is 0.414 e.